The van der Waals surface area contributed by atoms with Crippen molar-refractivity contribution in [2.75, 3.05) is 5.73 Å². The molecule has 1 aliphatic heterocycles. The van der Waals surface area contributed by atoms with Crippen molar-refractivity contribution in [2.24, 2.45) is 0 Å². The number of fused-ring (bicyclic) bond motifs is 1. The SMILES string of the molecule is CC(=O)c1cc(N)c(=O)n2c1CCC2C(=O)OP(P(P)P(P)P)P(P(P)P)P(P)P. The molecule has 19 heteroatoms. The van der Waals surface area contributed by atoms with Gasteiger partial charge in [0.25, 0.3) is 5.56 Å². The molecule has 30 heavy (non-hydrogen) atoms. The van der Waals surface area contributed by atoms with Crippen molar-refractivity contribution in [3.8, 4) is 0 Å². The van der Waals surface area contributed by atoms with Crippen LogP contribution in [0.25, 0.3) is 0 Å². The molecule has 1 aromatic heterocycles. The second-order valence-corrected chi connectivity index (χ2v) is 54.9. The monoisotopic (exact) mass is 652 g/mol. The van der Waals surface area contributed by atoms with E-state index in [0.717, 1.165) is 0 Å². The van der Waals surface area contributed by atoms with E-state index >= 15 is 0 Å². The van der Waals surface area contributed by atoms with Gasteiger partial charge in [-0.2, -0.15) is 0 Å². The third-order valence-electron chi connectivity index (χ3n) is 4.13. The summed E-state index contributed by atoms with van der Waals surface area (Å²) in [6.07, 6.45) is 0.920. The summed E-state index contributed by atoms with van der Waals surface area (Å²) in [6.45, 7) is -0.929. The number of Topliss-reactive ketones (excluding diaryl/α,β-unsaturated/α-hetero) is 1. The van der Waals surface area contributed by atoms with Gasteiger partial charge in [-0.25, -0.2) is 4.79 Å². The normalized spacial score (nSPS) is 18.2. The summed E-state index contributed by atoms with van der Waals surface area (Å²) in [5, 5.41) is 0. The van der Waals surface area contributed by atoms with Crippen LogP contribution in [-0.4, -0.2) is 16.3 Å². The summed E-state index contributed by atoms with van der Waals surface area (Å²) >= 11 is 0. The maximum Gasteiger partial charge on any atom is 0.332 e. The van der Waals surface area contributed by atoms with Crippen LogP contribution in [0.1, 0.15) is 35.4 Å². The predicted octanol–water partition coefficient (Wildman–Crippen LogP) is 7.58. The molecule has 0 saturated heterocycles. The summed E-state index contributed by atoms with van der Waals surface area (Å²) in [5.74, 6) is -0.543. The van der Waals surface area contributed by atoms with Crippen LogP contribution in [0.2, 0.25) is 0 Å². The zero-order chi connectivity index (χ0) is 22.9. The third kappa shape index (κ3) is 7.03. The van der Waals surface area contributed by atoms with Crippen molar-refractivity contribution in [2.45, 2.75) is 25.8 Å². The van der Waals surface area contributed by atoms with Crippen LogP contribution < -0.4 is 11.3 Å². The second-order valence-electron chi connectivity index (χ2n) is 6.14. The highest BCUT2D eigenvalue weighted by Gasteiger charge is 2.41. The number of aromatic nitrogens is 1. The van der Waals surface area contributed by atoms with Crippen molar-refractivity contribution in [1.29, 1.82) is 0 Å². The van der Waals surface area contributed by atoms with Gasteiger partial charge in [0.15, 0.2) is 13.3 Å². The minimum atomic E-state index is -0.995. The van der Waals surface area contributed by atoms with Gasteiger partial charge in [-0.3, -0.25) is 14.2 Å². The van der Waals surface area contributed by atoms with Crippen LogP contribution in [0, 0.1) is 0 Å². The van der Waals surface area contributed by atoms with E-state index in [9.17, 15) is 14.4 Å². The number of rotatable bonds is 8. The summed E-state index contributed by atoms with van der Waals surface area (Å²) in [6, 6.07) is 0.699. The molecule has 1 aromatic rings. The van der Waals surface area contributed by atoms with Gasteiger partial charge in [0.05, 0.1) is 5.69 Å². The first-order chi connectivity index (χ1) is 13.9. The molecule has 0 aromatic carbocycles. The highest BCUT2D eigenvalue weighted by molar-refractivity contribution is 9.19. The van der Waals surface area contributed by atoms with Crippen molar-refractivity contribution < 1.29 is 14.1 Å². The minimum absolute atomic E-state index is 0.0169. The first-order valence-corrected chi connectivity index (χ1v) is 31.0. The Hall–Kier alpha value is 3.48. The van der Waals surface area contributed by atoms with E-state index in [-0.39, 0.29) is 17.4 Å². The first-order valence-electron chi connectivity index (χ1n) is 8.18. The van der Waals surface area contributed by atoms with E-state index < -0.39 is 54.1 Å². The van der Waals surface area contributed by atoms with Crippen molar-refractivity contribution in [1.82, 2.24) is 4.57 Å². The number of nitrogens with zero attached hydrogens (tertiary/aromatic N) is 1. The maximum absolute atomic E-state index is 13.3. The highest BCUT2D eigenvalue weighted by atomic mass is 33.2. The molecule has 1 aliphatic rings. The number of nitrogens with two attached hydrogens (primary N) is 1. The number of ketones is 1. The Morgan fingerprint density at radius 2 is 1.67 bits per heavy atom. The number of pyridine rings is 1. The van der Waals surface area contributed by atoms with Crippen LogP contribution in [0.15, 0.2) is 10.9 Å². The van der Waals surface area contributed by atoms with Gasteiger partial charge >= 0.3 is 5.97 Å². The standard InChI is InChI=1S/C11H25N2O4P13/c1-5(14)6-4-7(12)10(15)13-8(6)2-3-9(13)11(16)17-25(29(24)26(18)19)30(27(20)21)28(22)23/h4,9H,2-3,12,18-24H2,1H3. The van der Waals surface area contributed by atoms with Gasteiger partial charge < -0.3 is 10.3 Å². The van der Waals surface area contributed by atoms with Crippen molar-refractivity contribution in [3.63, 3.8) is 0 Å². The highest BCUT2D eigenvalue weighted by Crippen LogP contribution is 3.17. The Morgan fingerprint density at radius 3 is 2.13 bits per heavy atom. The van der Waals surface area contributed by atoms with Crippen LogP contribution >= 0.6 is 105 Å². The average Bonchev–Trinajstić information content (AvgIpc) is 3.07. The van der Waals surface area contributed by atoms with Crippen LogP contribution in [0.3, 0.4) is 0 Å². The fraction of sp³-hybridized carbons (Fsp3) is 0.364. The number of nitrogen functional groups attached to an aromatic ring is 1. The molecule has 6 nitrogen and oxygen atoms in total. The minimum Gasteiger partial charge on any atom is -0.433 e. The molecule has 2 heterocycles. The van der Waals surface area contributed by atoms with Crippen LogP contribution in [-0.2, 0) is 15.7 Å². The summed E-state index contributed by atoms with van der Waals surface area (Å²) in [7, 11) is 19.3. The number of hydrogen-bond acceptors (Lipinski definition) is 5. The fourth-order valence-corrected chi connectivity index (χ4v) is 98.0. The van der Waals surface area contributed by atoms with Gasteiger partial charge in [-0.05, 0) is 46.8 Å². The lowest BCUT2D eigenvalue weighted by molar-refractivity contribution is -0.136. The lowest BCUT2D eigenvalue weighted by Crippen LogP contribution is -2.31. The van der Waals surface area contributed by atoms with Crippen LogP contribution in [0.4, 0.5) is 5.69 Å². The van der Waals surface area contributed by atoms with Gasteiger partial charge in [-0.1, -0.05) is 8.93 Å². The number of carbonyl (C=O) groups excluding carboxylic acids is 2. The van der Waals surface area contributed by atoms with Gasteiger partial charge in [0.2, 0.25) is 0 Å². The molecule has 0 saturated carbocycles. The smallest absolute Gasteiger partial charge is 0.332 e. The molecule has 2 rings (SSSR count). The molecule has 0 radical (unpaired) electrons. The number of hydrogen-bond donors (Lipinski definition) is 1. The topological polar surface area (TPSA) is 91.4 Å². The first kappa shape index (κ1) is 29.7. The Morgan fingerprint density at radius 1 is 1.10 bits per heavy atom. The Labute approximate surface area is 199 Å². The molecule has 10 unspecified atom stereocenters. The fourth-order valence-electron chi connectivity index (χ4n) is 2.89. The second kappa shape index (κ2) is 13.1. The molecule has 0 fully saturated rings. The molecule has 2 N–H and O–H groups in total. The Bertz CT molecular complexity index is 869. The quantitative estimate of drug-likeness (QED) is 0.231. The molecule has 0 amide bonds. The molecule has 10 atom stereocenters. The lowest BCUT2D eigenvalue weighted by Gasteiger charge is -2.36. The maximum atomic E-state index is 13.3. The van der Waals surface area contributed by atoms with E-state index in [1.807, 2.05) is 0 Å². The summed E-state index contributed by atoms with van der Waals surface area (Å²) < 4.78 is 7.64. The van der Waals surface area contributed by atoms with E-state index in [1.165, 1.54) is 17.6 Å². The lowest BCUT2D eigenvalue weighted by atomic mass is 10.1. The molecule has 0 aliphatic carbocycles. The predicted molar refractivity (Wildman–Crippen MR) is 168 cm³/mol. The van der Waals surface area contributed by atoms with E-state index in [0.29, 0.717) is 24.1 Å². The summed E-state index contributed by atoms with van der Waals surface area (Å²) in [5.41, 5.74) is 6.43. The molecule has 168 valence electrons. The van der Waals surface area contributed by atoms with E-state index in [1.54, 1.807) is 0 Å². The number of anilines is 1. The van der Waals surface area contributed by atoms with Crippen molar-refractivity contribution in [3.05, 3.63) is 27.7 Å². The van der Waals surface area contributed by atoms with Gasteiger partial charge in [0, 0.05) is 25.2 Å². The zero-order valence-corrected chi connectivity index (χ0v) is 29.4. The molecule has 0 spiro atoms. The van der Waals surface area contributed by atoms with E-state index in [4.69, 9.17) is 10.3 Å². The Kier molecular flexibility index (Phi) is 13.0. The van der Waals surface area contributed by atoms with Crippen LogP contribution in [0.5, 0.6) is 0 Å². The number of carbonyl (C=O) groups is 2. The zero-order valence-electron chi connectivity index (χ0n) is 16.0. The Balaban J connectivity index is 2.44. The molecule has 0 bridgehead atoms. The van der Waals surface area contributed by atoms with Gasteiger partial charge in [-0.15, -0.1) is 53.6 Å². The average molecular weight is 652 g/mol. The third-order valence-corrected chi connectivity index (χ3v) is 74.8. The molecular weight excluding hydrogens is 627 g/mol. The largest absolute Gasteiger partial charge is 0.433 e. The van der Waals surface area contributed by atoms with Gasteiger partial charge in [0.1, 0.15) is 6.04 Å². The van der Waals surface area contributed by atoms with Crippen molar-refractivity contribution >= 4 is 122 Å². The summed E-state index contributed by atoms with van der Waals surface area (Å²) in [4.78, 5) is 38.1. The van der Waals surface area contributed by atoms with E-state index in [2.05, 4.69) is 62.5 Å². The molecular formula is C11H25N2O4P13.